The Labute approximate surface area is 231 Å². The first kappa shape index (κ1) is 26.8. The molecule has 1 aliphatic carbocycles. The number of nitrogens with zero attached hydrogens (tertiary/aromatic N) is 3. The summed E-state index contributed by atoms with van der Waals surface area (Å²) in [6, 6.07) is 13.2. The van der Waals surface area contributed by atoms with E-state index >= 15 is 0 Å². The quantitative estimate of drug-likeness (QED) is 0.162. The molecule has 1 aliphatic rings. The maximum atomic E-state index is 13.8. The molecule has 3 aromatic rings. The van der Waals surface area contributed by atoms with Crippen LogP contribution in [0.1, 0.15) is 45.5 Å². The summed E-state index contributed by atoms with van der Waals surface area (Å²) in [6.45, 7) is 8.47. The Morgan fingerprint density at radius 2 is 2.03 bits per heavy atom. The zero-order valence-electron chi connectivity index (χ0n) is 20.6. The maximum absolute atomic E-state index is 13.8. The molecule has 1 fully saturated rings. The predicted octanol–water partition coefficient (Wildman–Crippen LogP) is 6.69. The number of carbonyl (C=O) groups is 1. The van der Waals surface area contributed by atoms with Crippen molar-refractivity contribution in [1.29, 1.82) is 0 Å². The monoisotopic (exact) mass is 717 g/mol. The Morgan fingerprint density at radius 1 is 1.31 bits per heavy atom. The fourth-order valence-electron chi connectivity index (χ4n) is 4.00. The number of aryl methyl sites for hydroxylation is 1. The summed E-state index contributed by atoms with van der Waals surface area (Å²) in [5.74, 6) is 4.15. The van der Waals surface area contributed by atoms with Crippen molar-refractivity contribution < 1.29 is 9.53 Å². The average molecular weight is 717 g/mol. The van der Waals surface area contributed by atoms with Crippen LogP contribution < -0.4 is 9.64 Å². The Hall–Kier alpha value is -1.27. The molecular weight excluding hydrogens is 689 g/mol. The minimum atomic E-state index is -0.528. The normalized spacial score (nSPS) is 15.2. The molecule has 180 valence electrons. The molecule has 1 amide bonds. The molecule has 1 heterocycles. The van der Waals surface area contributed by atoms with Gasteiger partial charge in [0.25, 0.3) is 0 Å². The molecule has 0 aliphatic heterocycles. The first-order valence-corrected chi connectivity index (χ1v) is 20.6. The van der Waals surface area contributed by atoms with Gasteiger partial charge in [-0.3, -0.25) is 0 Å². The van der Waals surface area contributed by atoms with Gasteiger partial charge < -0.3 is 0 Å². The van der Waals surface area contributed by atoms with Crippen LogP contribution in [0.25, 0.3) is 11.0 Å². The standard InChI is InChI=1S/C26H28ClN3O2PS.Tl/c1-26(2,3)24(25-28-20-8-6-7-9-21(20)29(25)4)30(23(31)14-15-33(5)34)17-10-13-22(19(27)16-17)32-18-11-12-18;/h6-10,13,16,18,24H,11-12H2,1-5H3;/q-1;+1. The molecule has 2 atom stereocenters. The average Bonchev–Trinajstić information content (AvgIpc) is 3.58. The van der Waals surface area contributed by atoms with Crippen LogP contribution in [0.5, 0.6) is 5.75 Å². The van der Waals surface area contributed by atoms with Crippen LogP contribution >= 0.6 is 26.7 Å². The Bertz CT molecular complexity index is 1310. The second kappa shape index (κ2) is 11.0. The van der Waals surface area contributed by atoms with Gasteiger partial charge in [-0.05, 0) is 12.8 Å². The van der Waals surface area contributed by atoms with E-state index in [-0.39, 0.29) is 23.5 Å². The number of rotatable bonds is 6. The number of halogens is 1. The van der Waals surface area contributed by atoms with Crippen molar-refractivity contribution in [3.8, 4) is 17.3 Å². The van der Waals surface area contributed by atoms with Crippen molar-refractivity contribution in [2.75, 3.05) is 11.6 Å². The molecule has 1 saturated carbocycles. The molecule has 0 N–H and O–H groups in total. The van der Waals surface area contributed by atoms with Crippen LogP contribution in [0.2, 0.25) is 5.02 Å². The molecule has 2 aromatic carbocycles. The van der Waals surface area contributed by atoms with Crippen LogP contribution in [0, 0.1) is 17.0 Å². The zero-order chi connectivity index (χ0) is 25.3. The van der Waals surface area contributed by atoms with Crippen LogP contribution in [0.3, 0.4) is 0 Å². The van der Waals surface area contributed by atoms with Crippen molar-refractivity contribution in [2.45, 2.75) is 45.8 Å². The summed E-state index contributed by atoms with van der Waals surface area (Å²) in [4.78, 5) is 20.5. The van der Waals surface area contributed by atoms with Gasteiger partial charge in [0.1, 0.15) is 0 Å². The van der Waals surface area contributed by atoms with E-state index in [0.29, 0.717) is 16.5 Å². The van der Waals surface area contributed by atoms with E-state index in [1.54, 1.807) is 4.90 Å². The van der Waals surface area contributed by atoms with E-state index in [2.05, 4.69) is 43.6 Å². The number of carbonyl (C=O) groups excluding carboxylic acids is 1. The number of imidazole rings is 1. The van der Waals surface area contributed by atoms with Crippen molar-refractivity contribution in [3.63, 3.8) is 0 Å². The summed E-state index contributed by atoms with van der Waals surface area (Å²) in [7, 11) is 3.31. The summed E-state index contributed by atoms with van der Waals surface area (Å²) >= 11 is 7.43. The number of fused-ring (bicyclic) bond motifs is 1. The second-order valence-corrected chi connectivity index (χ2v) is 21.2. The van der Waals surface area contributed by atoms with Crippen molar-refractivity contribution in [3.05, 3.63) is 53.3 Å². The van der Waals surface area contributed by atoms with Crippen LogP contribution in [-0.2, 0) is 11.8 Å². The number of benzene rings is 2. The predicted molar refractivity (Wildman–Crippen MR) is 149 cm³/mol. The number of aromatic nitrogens is 2. The third-order valence-electron chi connectivity index (χ3n) is 5.85. The molecule has 5 nitrogen and oxygen atoms in total. The van der Waals surface area contributed by atoms with Crippen molar-refractivity contribution in [2.24, 2.45) is 12.5 Å². The minimum absolute atomic E-state index is 0.240. The van der Waals surface area contributed by atoms with Crippen molar-refractivity contribution in [1.82, 2.24) is 9.55 Å². The topological polar surface area (TPSA) is 47.4 Å². The zero-order valence-corrected chi connectivity index (χ0v) is 27.5. The number of amides is 1. The molecule has 0 spiro atoms. The van der Waals surface area contributed by atoms with Crippen molar-refractivity contribution >= 4 is 73.5 Å². The van der Waals surface area contributed by atoms with E-state index in [1.165, 1.54) is 0 Å². The third kappa shape index (κ3) is 6.18. The molecule has 35 heavy (non-hydrogen) atoms. The summed E-state index contributed by atoms with van der Waals surface area (Å²) in [6.07, 6.45) is 2.34. The van der Waals surface area contributed by atoms with Gasteiger partial charge in [0.15, 0.2) is 0 Å². The Morgan fingerprint density at radius 3 is 2.63 bits per heavy atom. The van der Waals surface area contributed by atoms with Gasteiger partial charge in [-0.15, -0.1) is 0 Å². The van der Waals surface area contributed by atoms with Gasteiger partial charge >= 0.3 is 220 Å². The van der Waals surface area contributed by atoms with Gasteiger partial charge in [-0.1, -0.05) is 0 Å². The molecule has 0 saturated heterocycles. The van der Waals surface area contributed by atoms with Gasteiger partial charge in [0.2, 0.25) is 0 Å². The van der Waals surface area contributed by atoms with E-state index < -0.39 is 7.12 Å². The number of anilines is 1. The third-order valence-corrected chi connectivity index (χ3v) is 19.2. The fourth-order valence-corrected chi connectivity index (χ4v) is 6.66. The number of ether oxygens (including phenoxy) is 1. The van der Waals surface area contributed by atoms with Gasteiger partial charge in [0, 0.05) is 0 Å². The molecule has 2 unspecified atom stereocenters. The molecular formula is C26H28ClN3O2PSTl. The van der Waals surface area contributed by atoms with Crippen LogP contribution in [0.15, 0.2) is 42.5 Å². The Kier molecular flexibility index (Phi) is 8.42. The first-order valence-electron chi connectivity index (χ1n) is 11.4. The van der Waals surface area contributed by atoms with Gasteiger partial charge in [0.05, 0.1) is 0 Å². The molecule has 4 rings (SSSR count). The number of hydrogen-bond donors (Lipinski definition) is 0. The summed E-state index contributed by atoms with van der Waals surface area (Å²) in [5.41, 5.74) is 5.45. The summed E-state index contributed by atoms with van der Waals surface area (Å²) < 4.78 is 8.02. The van der Waals surface area contributed by atoms with Crippen LogP contribution in [-0.4, -0.2) is 52.5 Å². The molecule has 9 heteroatoms. The molecule has 0 radical (unpaired) electrons. The van der Waals surface area contributed by atoms with E-state index in [4.69, 9.17) is 21.3 Å². The Balaban J connectivity index is 1.86. The SMILES string of the molecule is Cn1c(C(N(C(=O)C#CP(C)[S][Tl])c2ccc(OC3CC3)c(Cl)c2)C(C)(C)C)nc2ccccc21. The van der Waals surface area contributed by atoms with E-state index in [1.807, 2.05) is 57.4 Å². The van der Waals surface area contributed by atoms with Gasteiger partial charge in [-0.2, -0.15) is 0 Å². The fraction of sp³-hybridized carbons (Fsp3) is 0.385. The first-order chi connectivity index (χ1) is 16.6. The summed E-state index contributed by atoms with van der Waals surface area (Å²) in [5, 5.41) is 0.492. The molecule has 1 aromatic heterocycles. The number of para-hydroxylation sites is 2. The number of hydrogen-bond acceptors (Lipinski definition) is 4. The second-order valence-electron chi connectivity index (χ2n) is 9.73. The van der Waals surface area contributed by atoms with E-state index in [9.17, 15) is 4.79 Å². The van der Waals surface area contributed by atoms with Gasteiger partial charge in [-0.25, -0.2) is 0 Å². The van der Waals surface area contributed by atoms with Crippen LogP contribution in [0.4, 0.5) is 5.69 Å². The van der Waals surface area contributed by atoms with E-state index in [0.717, 1.165) is 54.0 Å². The molecule has 0 bridgehead atoms.